The summed E-state index contributed by atoms with van der Waals surface area (Å²) in [6.45, 7) is 2.93. The van der Waals surface area contributed by atoms with Gasteiger partial charge in [0.2, 0.25) is 5.91 Å². The van der Waals surface area contributed by atoms with E-state index >= 15 is 0 Å². The van der Waals surface area contributed by atoms with E-state index in [1.165, 1.54) is 24.0 Å². The Morgan fingerprint density at radius 2 is 1.92 bits per heavy atom. The van der Waals surface area contributed by atoms with Gasteiger partial charge in [-0.15, -0.1) is 0 Å². The van der Waals surface area contributed by atoms with Crippen LogP contribution in [0.1, 0.15) is 42.9 Å². The average molecular weight is 337 g/mol. The Morgan fingerprint density at radius 1 is 1.12 bits per heavy atom. The molecule has 0 bridgehead atoms. The number of nitrogens with one attached hydrogen (secondary N) is 1. The second-order valence-corrected chi connectivity index (χ2v) is 6.69. The number of amides is 1. The van der Waals surface area contributed by atoms with Crippen molar-refractivity contribution < 1.29 is 4.79 Å². The number of hydrogen-bond donors (Lipinski definition) is 1. The van der Waals surface area contributed by atoms with Crippen LogP contribution in [0.4, 0.5) is 0 Å². The molecule has 3 rings (SSSR count). The second-order valence-electron chi connectivity index (χ2n) is 6.69. The number of aryl methyl sites for hydroxylation is 1. The van der Waals surface area contributed by atoms with Crippen molar-refractivity contribution in [3.05, 3.63) is 66.0 Å². The number of benzene rings is 1. The number of nitrogens with zero attached hydrogens (tertiary/aromatic N) is 2. The molecule has 2 aromatic rings. The minimum Gasteiger partial charge on any atom is -0.354 e. The van der Waals surface area contributed by atoms with Crippen LogP contribution in [0, 0.1) is 0 Å². The summed E-state index contributed by atoms with van der Waals surface area (Å²) < 4.78 is 0. The van der Waals surface area contributed by atoms with Gasteiger partial charge in [0, 0.05) is 25.4 Å². The molecule has 1 aliphatic heterocycles. The van der Waals surface area contributed by atoms with E-state index in [0.717, 1.165) is 25.9 Å². The molecule has 4 nitrogen and oxygen atoms in total. The van der Waals surface area contributed by atoms with E-state index in [9.17, 15) is 4.79 Å². The van der Waals surface area contributed by atoms with Gasteiger partial charge in [-0.25, -0.2) is 0 Å². The van der Waals surface area contributed by atoms with E-state index in [1.807, 2.05) is 18.3 Å². The Kier molecular flexibility index (Phi) is 6.57. The first-order valence-electron chi connectivity index (χ1n) is 9.27. The topological polar surface area (TPSA) is 45.2 Å². The lowest BCUT2D eigenvalue weighted by Gasteiger charge is -2.28. The summed E-state index contributed by atoms with van der Waals surface area (Å²) in [5, 5.41) is 3.15. The van der Waals surface area contributed by atoms with Crippen molar-refractivity contribution in [2.24, 2.45) is 0 Å². The Hall–Kier alpha value is -2.20. The van der Waals surface area contributed by atoms with Gasteiger partial charge in [0.15, 0.2) is 0 Å². The molecule has 1 saturated heterocycles. The van der Waals surface area contributed by atoms with Gasteiger partial charge in [-0.05, 0) is 56.0 Å². The molecule has 1 aromatic carbocycles. The molecule has 1 unspecified atom stereocenters. The summed E-state index contributed by atoms with van der Waals surface area (Å²) in [6.07, 6.45) is 8.48. The fraction of sp³-hybridized carbons (Fsp3) is 0.429. The lowest BCUT2D eigenvalue weighted by molar-refractivity contribution is -0.121. The van der Waals surface area contributed by atoms with E-state index in [0.29, 0.717) is 13.0 Å². The van der Waals surface area contributed by atoms with Crippen LogP contribution >= 0.6 is 0 Å². The molecule has 4 heteroatoms. The molecule has 0 saturated carbocycles. The zero-order valence-corrected chi connectivity index (χ0v) is 14.7. The third kappa shape index (κ3) is 5.40. The van der Waals surface area contributed by atoms with Gasteiger partial charge in [-0.3, -0.25) is 14.7 Å². The fourth-order valence-corrected chi connectivity index (χ4v) is 3.48. The molecule has 0 radical (unpaired) electrons. The minimum absolute atomic E-state index is 0.143. The van der Waals surface area contributed by atoms with Crippen LogP contribution in [0.15, 0.2) is 54.9 Å². The van der Waals surface area contributed by atoms with E-state index in [4.69, 9.17) is 0 Å². The van der Waals surface area contributed by atoms with Crippen LogP contribution in [0.25, 0.3) is 0 Å². The monoisotopic (exact) mass is 337 g/mol. The first-order valence-corrected chi connectivity index (χ1v) is 9.27. The predicted octanol–water partition coefficient (Wildman–Crippen LogP) is 3.36. The third-order valence-corrected chi connectivity index (χ3v) is 4.85. The summed E-state index contributed by atoms with van der Waals surface area (Å²) in [5.74, 6) is 0.143. The highest BCUT2D eigenvalue weighted by molar-refractivity contribution is 5.75. The molecule has 2 heterocycles. The zero-order valence-electron chi connectivity index (χ0n) is 14.7. The van der Waals surface area contributed by atoms with Crippen LogP contribution in [0.5, 0.6) is 0 Å². The molecule has 1 N–H and O–H groups in total. The molecule has 132 valence electrons. The first kappa shape index (κ1) is 17.6. The van der Waals surface area contributed by atoms with Gasteiger partial charge in [0.1, 0.15) is 0 Å². The predicted molar refractivity (Wildman–Crippen MR) is 100 cm³/mol. The van der Waals surface area contributed by atoms with Crippen molar-refractivity contribution in [3.8, 4) is 0 Å². The highest BCUT2D eigenvalue weighted by Crippen LogP contribution is 2.24. The molecule has 1 aromatic heterocycles. The maximum absolute atomic E-state index is 12.2. The normalized spacial score (nSPS) is 15.8. The van der Waals surface area contributed by atoms with Gasteiger partial charge in [0.05, 0.1) is 6.04 Å². The van der Waals surface area contributed by atoms with Crippen molar-refractivity contribution in [2.45, 2.75) is 38.1 Å². The van der Waals surface area contributed by atoms with Gasteiger partial charge in [0.25, 0.3) is 0 Å². The molecule has 1 aliphatic rings. The van der Waals surface area contributed by atoms with Crippen molar-refractivity contribution in [3.63, 3.8) is 0 Å². The van der Waals surface area contributed by atoms with Crippen LogP contribution < -0.4 is 5.32 Å². The maximum Gasteiger partial charge on any atom is 0.220 e. The summed E-state index contributed by atoms with van der Waals surface area (Å²) in [4.78, 5) is 18.8. The summed E-state index contributed by atoms with van der Waals surface area (Å²) in [5.41, 5.74) is 2.48. The first-order chi connectivity index (χ1) is 12.3. The zero-order chi connectivity index (χ0) is 17.3. The van der Waals surface area contributed by atoms with Crippen molar-refractivity contribution >= 4 is 5.91 Å². The maximum atomic E-state index is 12.2. The minimum atomic E-state index is 0.143. The third-order valence-electron chi connectivity index (χ3n) is 4.85. The molecule has 1 fully saturated rings. The van der Waals surface area contributed by atoms with Crippen LogP contribution in [0.2, 0.25) is 0 Å². The Bertz CT molecular complexity index is 639. The van der Waals surface area contributed by atoms with Gasteiger partial charge < -0.3 is 5.32 Å². The molecular weight excluding hydrogens is 310 g/mol. The van der Waals surface area contributed by atoms with Crippen molar-refractivity contribution in [1.82, 2.24) is 15.2 Å². The standard InChI is InChI=1S/C21H27N3O/c25-21(12-6-8-18-9-7-13-22-16-18)23-17-20(24-14-4-5-15-24)19-10-2-1-3-11-19/h1-3,7,9-11,13,16,20H,4-6,8,12,14-15,17H2,(H,23,25). The number of hydrogen-bond acceptors (Lipinski definition) is 3. The second kappa shape index (κ2) is 9.33. The summed E-state index contributed by atoms with van der Waals surface area (Å²) >= 11 is 0. The van der Waals surface area contributed by atoms with Crippen LogP contribution in [-0.2, 0) is 11.2 Å². The largest absolute Gasteiger partial charge is 0.354 e. The molecule has 25 heavy (non-hydrogen) atoms. The number of likely N-dealkylation sites (tertiary alicyclic amines) is 1. The number of carbonyl (C=O) groups is 1. The number of aromatic nitrogens is 1. The van der Waals surface area contributed by atoms with Gasteiger partial charge >= 0.3 is 0 Å². The van der Waals surface area contributed by atoms with E-state index in [1.54, 1.807) is 6.20 Å². The van der Waals surface area contributed by atoms with E-state index < -0.39 is 0 Å². The van der Waals surface area contributed by atoms with E-state index in [2.05, 4.69) is 45.5 Å². The summed E-state index contributed by atoms with van der Waals surface area (Å²) in [6, 6.07) is 14.8. The molecule has 0 spiro atoms. The average Bonchev–Trinajstić information content (AvgIpc) is 3.18. The number of carbonyl (C=O) groups excluding carboxylic acids is 1. The van der Waals surface area contributed by atoms with Gasteiger partial charge in [-0.1, -0.05) is 36.4 Å². The lowest BCUT2D eigenvalue weighted by atomic mass is 10.1. The van der Waals surface area contributed by atoms with Crippen molar-refractivity contribution in [1.29, 1.82) is 0 Å². The van der Waals surface area contributed by atoms with Crippen LogP contribution in [-0.4, -0.2) is 35.4 Å². The fourth-order valence-electron chi connectivity index (χ4n) is 3.48. The Labute approximate surface area is 150 Å². The van der Waals surface area contributed by atoms with Gasteiger partial charge in [-0.2, -0.15) is 0 Å². The SMILES string of the molecule is O=C(CCCc1cccnc1)NCC(c1ccccc1)N1CCCC1. The summed E-state index contributed by atoms with van der Waals surface area (Å²) in [7, 11) is 0. The smallest absolute Gasteiger partial charge is 0.220 e. The van der Waals surface area contributed by atoms with Crippen molar-refractivity contribution in [2.75, 3.05) is 19.6 Å². The molecule has 1 amide bonds. The lowest BCUT2D eigenvalue weighted by Crippen LogP contribution is -2.36. The Morgan fingerprint density at radius 3 is 2.64 bits per heavy atom. The highest BCUT2D eigenvalue weighted by atomic mass is 16.1. The number of pyridine rings is 1. The molecule has 1 atom stereocenters. The van der Waals surface area contributed by atoms with E-state index in [-0.39, 0.29) is 11.9 Å². The Balaban J connectivity index is 1.48. The quantitative estimate of drug-likeness (QED) is 0.803. The highest BCUT2D eigenvalue weighted by Gasteiger charge is 2.23. The molecule has 0 aliphatic carbocycles. The molecular formula is C21H27N3O. The number of rotatable bonds is 8. The van der Waals surface area contributed by atoms with Crippen LogP contribution in [0.3, 0.4) is 0 Å².